The third-order valence-electron chi connectivity index (χ3n) is 4.06. The molecule has 4 rings (SSSR count). The molecule has 3 nitrogen and oxygen atoms in total. The van der Waals surface area contributed by atoms with Crippen LogP contribution in [-0.2, 0) is 18.5 Å². The predicted molar refractivity (Wildman–Crippen MR) is 69.5 cm³/mol. The SMILES string of the molecule is CC12Cc3ccsc3CN1C(=O)c1cccnc12. The van der Waals surface area contributed by atoms with Crippen LogP contribution >= 0.6 is 11.3 Å². The second-order valence-electron chi connectivity index (χ2n) is 5.11. The van der Waals surface area contributed by atoms with Crippen molar-refractivity contribution in [3.8, 4) is 0 Å². The lowest BCUT2D eigenvalue weighted by atomic mass is 9.86. The Balaban J connectivity index is 1.94. The smallest absolute Gasteiger partial charge is 0.256 e. The van der Waals surface area contributed by atoms with Gasteiger partial charge in [-0.05, 0) is 36.1 Å². The monoisotopic (exact) mass is 256 g/mol. The van der Waals surface area contributed by atoms with E-state index < -0.39 is 0 Å². The average molecular weight is 256 g/mol. The highest BCUT2D eigenvalue weighted by Crippen LogP contribution is 2.45. The summed E-state index contributed by atoms with van der Waals surface area (Å²) >= 11 is 1.74. The maximum absolute atomic E-state index is 12.5. The molecule has 2 aliphatic rings. The fourth-order valence-corrected chi connectivity index (χ4v) is 4.00. The van der Waals surface area contributed by atoms with E-state index in [4.69, 9.17) is 0 Å². The highest BCUT2D eigenvalue weighted by atomic mass is 32.1. The van der Waals surface area contributed by atoms with Crippen molar-refractivity contribution in [2.45, 2.75) is 25.4 Å². The Kier molecular flexibility index (Phi) is 1.83. The topological polar surface area (TPSA) is 33.2 Å². The summed E-state index contributed by atoms with van der Waals surface area (Å²) in [5.41, 5.74) is 2.81. The first-order valence-corrected chi connectivity index (χ1v) is 6.91. The molecular weight excluding hydrogens is 244 g/mol. The van der Waals surface area contributed by atoms with Gasteiger partial charge in [-0.2, -0.15) is 0 Å². The summed E-state index contributed by atoms with van der Waals surface area (Å²) in [7, 11) is 0. The summed E-state index contributed by atoms with van der Waals surface area (Å²) in [6, 6.07) is 5.91. The minimum atomic E-state index is -0.262. The molecule has 0 saturated carbocycles. The van der Waals surface area contributed by atoms with Crippen molar-refractivity contribution < 1.29 is 4.79 Å². The van der Waals surface area contributed by atoms with Gasteiger partial charge in [0.05, 0.1) is 23.3 Å². The molecule has 4 heterocycles. The predicted octanol–water partition coefficient (Wildman–Crippen LogP) is 2.57. The third kappa shape index (κ3) is 1.09. The minimum Gasteiger partial charge on any atom is -0.322 e. The molecule has 0 N–H and O–H groups in total. The number of nitrogens with zero attached hydrogens (tertiary/aromatic N) is 2. The summed E-state index contributed by atoms with van der Waals surface area (Å²) in [5.74, 6) is 0.125. The van der Waals surface area contributed by atoms with Crippen LogP contribution in [0.25, 0.3) is 0 Å². The molecule has 0 bridgehead atoms. The van der Waals surface area contributed by atoms with E-state index in [1.807, 2.05) is 17.0 Å². The molecule has 2 aromatic rings. The van der Waals surface area contributed by atoms with Crippen molar-refractivity contribution in [3.63, 3.8) is 0 Å². The largest absolute Gasteiger partial charge is 0.322 e. The number of fused-ring (bicyclic) bond motifs is 4. The highest BCUT2D eigenvalue weighted by Gasteiger charge is 2.50. The molecule has 18 heavy (non-hydrogen) atoms. The van der Waals surface area contributed by atoms with E-state index in [0.717, 1.165) is 24.2 Å². The number of aromatic nitrogens is 1. The molecule has 90 valence electrons. The van der Waals surface area contributed by atoms with Crippen LogP contribution in [0.4, 0.5) is 0 Å². The number of hydrogen-bond acceptors (Lipinski definition) is 3. The molecule has 0 spiro atoms. The zero-order valence-corrected chi connectivity index (χ0v) is 10.8. The van der Waals surface area contributed by atoms with Crippen molar-refractivity contribution in [3.05, 3.63) is 51.5 Å². The zero-order chi connectivity index (χ0) is 12.3. The van der Waals surface area contributed by atoms with E-state index in [9.17, 15) is 4.79 Å². The van der Waals surface area contributed by atoms with Crippen molar-refractivity contribution >= 4 is 17.2 Å². The van der Waals surface area contributed by atoms with E-state index in [1.54, 1.807) is 17.5 Å². The quantitative estimate of drug-likeness (QED) is 0.726. The van der Waals surface area contributed by atoms with Crippen LogP contribution in [-0.4, -0.2) is 15.8 Å². The van der Waals surface area contributed by atoms with E-state index in [1.165, 1.54) is 10.4 Å². The van der Waals surface area contributed by atoms with Gasteiger partial charge in [0, 0.05) is 17.5 Å². The third-order valence-corrected chi connectivity index (χ3v) is 5.01. The lowest BCUT2D eigenvalue weighted by Gasteiger charge is -2.39. The van der Waals surface area contributed by atoms with E-state index in [-0.39, 0.29) is 11.4 Å². The first-order valence-electron chi connectivity index (χ1n) is 6.03. The molecule has 1 unspecified atom stereocenters. The van der Waals surface area contributed by atoms with E-state index in [0.29, 0.717) is 0 Å². The fraction of sp³-hybridized carbons (Fsp3) is 0.286. The molecule has 0 radical (unpaired) electrons. The van der Waals surface area contributed by atoms with Crippen molar-refractivity contribution in [2.75, 3.05) is 0 Å². The Morgan fingerprint density at radius 2 is 2.33 bits per heavy atom. The van der Waals surface area contributed by atoms with Crippen molar-refractivity contribution in [1.29, 1.82) is 0 Å². The number of hydrogen-bond donors (Lipinski definition) is 0. The molecule has 0 fully saturated rings. The number of carbonyl (C=O) groups is 1. The van der Waals surface area contributed by atoms with Gasteiger partial charge in [0.2, 0.25) is 0 Å². The van der Waals surface area contributed by atoms with Crippen LogP contribution in [0.1, 0.15) is 33.4 Å². The Morgan fingerprint density at radius 3 is 3.22 bits per heavy atom. The Morgan fingerprint density at radius 1 is 1.44 bits per heavy atom. The number of amides is 1. The average Bonchev–Trinajstić information content (AvgIpc) is 2.90. The maximum atomic E-state index is 12.5. The lowest BCUT2D eigenvalue weighted by molar-refractivity contribution is 0.0522. The lowest BCUT2D eigenvalue weighted by Crippen LogP contribution is -2.45. The molecule has 0 saturated heterocycles. The fourth-order valence-electron chi connectivity index (χ4n) is 3.11. The molecule has 0 aliphatic carbocycles. The molecule has 0 aromatic carbocycles. The summed E-state index contributed by atoms with van der Waals surface area (Å²) in [6.07, 6.45) is 2.66. The van der Waals surface area contributed by atoms with Gasteiger partial charge in [0.15, 0.2) is 0 Å². The van der Waals surface area contributed by atoms with Crippen molar-refractivity contribution in [1.82, 2.24) is 9.88 Å². The van der Waals surface area contributed by atoms with Crippen LogP contribution in [0.2, 0.25) is 0 Å². The van der Waals surface area contributed by atoms with Crippen LogP contribution in [0.15, 0.2) is 29.8 Å². The maximum Gasteiger partial charge on any atom is 0.256 e. The van der Waals surface area contributed by atoms with Gasteiger partial charge >= 0.3 is 0 Å². The number of carbonyl (C=O) groups excluding carboxylic acids is 1. The van der Waals surface area contributed by atoms with Crippen LogP contribution in [0.3, 0.4) is 0 Å². The van der Waals surface area contributed by atoms with Gasteiger partial charge in [0.1, 0.15) is 0 Å². The van der Waals surface area contributed by atoms with Crippen LogP contribution in [0, 0.1) is 0 Å². The summed E-state index contributed by atoms with van der Waals surface area (Å²) in [4.78, 5) is 20.2. The molecule has 4 heteroatoms. The van der Waals surface area contributed by atoms with Crippen LogP contribution < -0.4 is 0 Å². The normalized spacial score (nSPS) is 24.7. The first-order chi connectivity index (χ1) is 8.70. The second-order valence-corrected chi connectivity index (χ2v) is 6.11. The number of thiophene rings is 1. The summed E-state index contributed by atoms with van der Waals surface area (Å²) in [5, 5.41) is 2.11. The summed E-state index contributed by atoms with van der Waals surface area (Å²) < 4.78 is 0. The van der Waals surface area contributed by atoms with Crippen molar-refractivity contribution in [2.24, 2.45) is 0 Å². The Labute approximate surface area is 109 Å². The van der Waals surface area contributed by atoms with Crippen LogP contribution in [0.5, 0.6) is 0 Å². The van der Waals surface area contributed by atoms with Gasteiger partial charge in [-0.15, -0.1) is 11.3 Å². The Bertz CT molecular complexity index is 663. The van der Waals surface area contributed by atoms with Gasteiger partial charge in [-0.25, -0.2) is 0 Å². The van der Waals surface area contributed by atoms with E-state index >= 15 is 0 Å². The molecular formula is C14H12N2OS. The second kappa shape index (κ2) is 3.20. The zero-order valence-electron chi connectivity index (χ0n) is 10.0. The van der Waals surface area contributed by atoms with Gasteiger partial charge in [-0.3, -0.25) is 9.78 Å². The molecule has 1 atom stereocenters. The molecule has 1 amide bonds. The number of rotatable bonds is 0. The standard InChI is InChI=1S/C14H12N2OS/c1-14-7-9-4-6-18-11(9)8-16(14)13(17)10-3-2-5-15-12(10)14/h2-6H,7-8H2,1H3. The summed E-state index contributed by atoms with van der Waals surface area (Å²) in [6.45, 7) is 2.85. The highest BCUT2D eigenvalue weighted by molar-refractivity contribution is 7.10. The minimum absolute atomic E-state index is 0.125. The van der Waals surface area contributed by atoms with Gasteiger partial charge < -0.3 is 4.90 Å². The van der Waals surface area contributed by atoms with Gasteiger partial charge in [0.25, 0.3) is 5.91 Å². The molecule has 2 aliphatic heterocycles. The van der Waals surface area contributed by atoms with E-state index in [2.05, 4.69) is 23.4 Å². The molecule has 2 aromatic heterocycles. The number of pyridine rings is 1. The Hall–Kier alpha value is -1.68. The first kappa shape index (κ1) is 10.3. The van der Waals surface area contributed by atoms with Gasteiger partial charge in [-0.1, -0.05) is 0 Å².